The molecule has 0 aliphatic rings. The van der Waals surface area contributed by atoms with Crippen molar-refractivity contribution < 1.29 is 9.90 Å². The van der Waals surface area contributed by atoms with Crippen molar-refractivity contribution in [2.75, 3.05) is 0 Å². The maximum atomic E-state index is 12.1. The zero-order chi connectivity index (χ0) is 19.5. The summed E-state index contributed by atoms with van der Waals surface area (Å²) in [7, 11) is 0. The lowest BCUT2D eigenvalue weighted by Crippen LogP contribution is -2.08. The normalized spacial score (nSPS) is 10.6. The van der Waals surface area contributed by atoms with Crippen LogP contribution >= 0.6 is 0 Å². The average molecular weight is 369 g/mol. The van der Waals surface area contributed by atoms with Crippen LogP contribution in [0.2, 0.25) is 0 Å². The second-order valence-electron chi connectivity index (χ2n) is 6.19. The van der Waals surface area contributed by atoms with Gasteiger partial charge in [0.1, 0.15) is 5.82 Å². The van der Waals surface area contributed by atoms with Crippen LogP contribution in [0.3, 0.4) is 0 Å². The number of H-pyrrole nitrogens is 1. The third-order valence-corrected chi connectivity index (χ3v) is 4.29. The Morgan fingerprint density at radius 2 is 1.54 bits per heavy atom. The lowest BCUT2D eigenvalue weighted by atomic mass is 10.0. The van der Waals surface area contributed by atoms with Crippen molar-refractivity contribution >= 4 is 5.97 Å². The van der Waals surface area contributed by atoms with Crippen LogP contribution in [0.1, 0.15) is 10.4 Å². The molecule has 2 heterocycles. The Kier molecular flexibility index (Phi) is 4.51. The molecule has 0 bridgehead atoms. The molecule has 4 rings (SSSR count). The minimum Gasteiger partial charge on any atom is -0.478 e. The number of aromatic carboxylic acids is 1. The first-order valence-corrected chi connectivity index (χ1v) is 8.56. The molecule has 0 saturated heterocycles. The highest BCUT2D eigenvalue weighted by Gasteiger charge is 2.09. The van der Waals surface area contributed by atoms with Gasteiger partial charge in [-0.1, -0.05) is 42.5 Å². The van der Waals surface area contributed by atoms with Gasteiger partial charge in [-0.25, -0.2) is 9.78 Å². The number of carbonyl (C=O) groups is 1. The van der Waals surface area contributed by atoms with Crippen molar-refractivity contribution in [3.63, 3.8) is 0 Å². The number of carboxylic acid groups (broad SMARTS) is 1. The van der Waals surface area contributed by atoms with E-state index in [1.165, 1.54) is 6.07 Å². The summed E-state index contributed by atoms with van der Waals surface area (Å²) in [4.78, 5) is 34.7. The molecule has 0 unspecified atom stereocenters. The van der Waals surface area contributed by atoms with Gasteiger partial charge >= 0.3 is 5.97 Å². The molecule has 0 aliphatic heterocycles. The zero-order valence-electron chi connectivity index (χ0n) is 14.7. The number of aromatic nitrogens is 3. The topological polar surface area (TPSA) is 95.9 Å². The number of benzene rings is 2. The second kappa shape index (κ2) is 7.28. The largest absolute Gasteiger partial charge is 0.478 e. The summed E-state index contributed by atoms with van der Waals surface area (Å²) in [6.45, 7) is 0. The number of hydrogen-bond donors (Lipinski definition) is 2. The summed E-state index contributed by atoms with van der Waals surface area (Å²) < 4.78 is 0. The fraction of sp³-hybridized carbons (Fsp3) is 0. The van der Waals surface area contributed by atoms with Gasteiger partial charge in [-0.3, -0.25) is 9.78 Å². The number of aromatic amines is 1. The molecule has 0 spiro atoms. The molecule has 0 aliphatic carbocycles. The van der Waals surface area contributed by atoms with E-state index in [0.717, 1.165) is 16.7 Å². The molecular formula is C22H15N3O3. The van der Waals surface area contributed by atoms with Crippen molar-refractivity contribution in [3.05, 3.63) is 95.0 Å². The molecular weight excluding hydrogens is 354 g/mol. The Morgan fingerprint density at radius 1 is 0.821 bits per heavy atom. The first-order chi connectivity index (χ1) is 13.6. The van der Waals surface area contributed by atoms with Gasteiger partial charge in [0.25, 0.3) is 5.56 Å². The molecule has 2 aromatic heterocycles. The minimum atomic E-state index is -0.973. The minimum absolute atomic E-state index is 0.219. The smallest absolute Gasteiger partial charge is 0.335 e. The van der Waals surface area contributed by atoms with E-state index in [1.54, 1.807) is 36.7 Å². The third-order valence-electron chi connectivity index (χ3n) is 4.29. The molecule has 0 radical (unpaired) electrons. The highest BCUT2D eigenvalue weighted by molar-refractivity contribution is 5.88. The predicted molar refractivity (Wildman–Crippen MR) is 106 cm³/mol. The third kappa shape index (κ3) is 3.57. The standard InChI is InChI=1S/C22H15N3O3/c26-20-11-19(24-21(25-20)15-4-2-1-3-5-15)18-10-17(12-23-13-18)14-6-8-16(9-7-14)22(27)28/h1-13H,(H,27,28)(H,24,25,26). The summed E-state index contributed by atoms with van der Waals surface area (Å²) in [5.41, 5.74) is 3.62. The molecule has 6 nitrogen and oxygen atoms in total. The van der Waals surface area contributed by atoms with Gasteiger partial charge < -0.3 is 10.1 Å². The SMILES string of the molecule is O=C(O)c1ccc(-c2cncc(-c3cc(=O)[nH]c(-c4ccccc4)n3)c2)cc1. The molecule has 0 saturated carbocycles. The van der Waals surface area contributed by atoms with Gasteiger partial charge in [0.2, 0.25) is 0 Å². The van der Waals surface area contributed by atoms with Crippen LogP contribution in [-0.2, 0) is 0 Å². The maximum absolute atomic E-state index is 12.1. The Morgan fingerprint density at radius 3 is 2.25 bits per heavy atom. The van der Waals surface area contributed by atoms with Crippen LogP contribution < -0.4 is 5.56 Å². The van der Waals surface area contributed by atoms with Crippen molar-refractivity contribution in [2.45, 2.75) is 0 Å². The van der Waals surface area contributed by atoms with Gasteiger partial charge in [0.05, 0.1) is 11.3 Å². The van der Waals surface area contributed by atoms with E-state index < -0.39 is 5.97 Å². The zero-order valence-corrected chi connectivity index (χ0v) is 14.7. The molecule has 136 valence electrons. The van der Waals surface area contributed by atoms with E-state index in [-0.39, 0.29) is 11.1 Å². The van der Waals surface area contributed by atoms with Crippen LogP contribution in [0.4, 0.5) is 0 Å². The summed E-state index contributed by atoms with van der Waals surface area (Å²) >= 11 is 0. The van der Waals surface area contributed by atoms with Crippen molar-refractivity contribution in [2.24, 2.45) is 0 Å². The van der Waals surface area contributed by atoms with E-state index in [4.69, 9.17) is 5.11 Å². The number of pyridine rings is 1. The lowest BCUT2D eigenvalue weighted by Gasteiger charge is -2.07. The van der Waals surface area contributed by atoms with Crippen molar-refractivity contribution in [1.82, 2.24) is 15.0 Å². The van der Waals surface area contributed by atoms with Crippen LogP contribution in [0.15, 0.2) is 83.9 Å². The molecule has 0 amide bonds. The summed E-state index contributed by atoms with van der Waals surface area (Å²) in [5.74, 6) is -0.487. The summed E-state index contributed by atoms with van der Waals surface area (Å²) in [6.07, 6.45) is 3.33. The van der Waals surface area contributed by atoms with Crippen molar-refractivity contribution in [3.8, 4) is 33.8 Å². The number of carboxylic acids is 1. The Bertz CT molecular complexity index is 1200. The monoisotopic (exact) mass is 369 g/mol. The first kappa shape index (κ1) is 17.4. The molecule has 0 atom stereocenters. The van der Waals surface area contributed by atoms with Crippen LogP contribution in [0, 0.1) is 0 Å². The molecule has 2 N–H and O–H groups in total. The number of rotatable bonds is 4. The van der Waals surface area contributed by atoms with Gasteiger partial charge in [-0.2, -0.15) is 0 Å². The van der Waals surface area contributed by atoms with Gasteiger partial charge in [0.15, 0.2) is 0 Å². The Labute approximate surface area is 160 Å². The quantitative estimate of drug-likeness (QED) is 0.569. The Hall–Kier alpha value is -4.06. The van der Waals surface area contributed by atoms with E-state index in [9.17, 15) is 9.59 Å². The Balaban J connectivity index is 1.75. The van der Waals surface area contributed by atoms with Crippen LogP contribution in [0.5, 0.6) is 0 Å². The fourth-order valence-electron chi connectivity index (χ4n) is 2.88. The highest BCUT2D eigenvalue weighted by atomic mass is 16.4. The van der Waals surface area contributed by atoms with Crippen LogP contribution in [0.25, 0.3) is 33.8 Å². The lowest BCUT2D eigenvalue weighted by molar-refractivity contribution is 0.0697. The second-order valence-corrected chi connectivity index (χ2v) is 6.19. The highest BCUT2D eigenvalue weighted by Crippen LogP contribution is 2.25. The van der Waals surface area contributed by atoms with Gasteiger partial charge in [0, 0.05) is 35.2 Å². The fourth-order valence-corrected chi connectivity index (χ4v) is 2.88. The van der Waals surface area contributed by atoms with E-state index in [0.29, 0.717) is 17.1 Å². The number of nitrogens with one attached hydrogen (secondary N) is 1. The molecule has 6 heteroatoms. The van der Waals surface area contributed by atoms with Gasteiger partial charge in [-0.15, -0.1) is 0 Å². The van der Waals surface area contributed by atoms with E-state index >= 15 is 0 Å². The molecule has 2 aromatic carbocycles. The molecule has 4 aromatic rings. The summed E-state index contributed by atoms with van der Waals surface area (Å²) in [5, 5.41) is 9.03. The number of hydrogen-bond acceptors (Lipinski definition) is 4. The van der Waals surface area contributed by atoms with E-state index in [2.05, 4.69) is 15.0 Å². The molecule has 28 heavy (non-hydrogen) atoms. The first-order valence-electron chi connectivity index (χ1n) is 8.56. The predicted octanol–water partition coefficient (Wildman–Crippen LogP) is 3.86. The van der Waals surface area contributed by atoms with Gasteiger partial charge in [-0.05, 0) is 23.8 Å². The average Bonchev–Trinajstić information content (AvgIpc) is 2.74. The summed E-state index contributed by atoms with van der Waals surface area (Å²) in [6, 6.07) is 19.3. The number of nitrogens with zero attached hydrogens (tertiary/aromatic N) is 2. The van der Waals surface area contributed by atoms with E-state index in [1.807, 2.05) is 36.4 Å². The molecule has 0 fully saturated rings. The van der Waals surface area contributed by atoms with Crippen molar-refractivity contribution in [1.29, 1.82) is 0 Å². The van der Waals surface area contributed by atoms with Crippen LogP contribution in [-0.4, -0.2) is 26.0 Å². The maximum Gasteiger partial charge on any atom is 0.335 e.